The molecule has 1 atom stereocenters. The van der Waals surface area contributed by atoms with Crippen molar-refractivity contribution in [1.29, 1.82) is 5.26 Å². The van der Waals surface area contributed by atoms with Crippen molar-refractivity contribution in [2.45, 2.75) is 38.4 Å². The van der Waals surface area contributed by atoms with Gasteiger partial charge in [0.1, 0.15) is 0 Å². The molecule has 1 amide bonds. The van der Waals surface area contributed by atoms with Gasteiger partial charge in [-0.15, -0.1) is 0 Å². The molecule has 1 unspecified atom stereocenters. The minimum Gasteiger partial charge on any atom is -0.384 e. The van der Waals surface area contributed by atoms with Crippen LogP contribution in [0.5, 0.6) is 0 Å². The molecule has 0 spiro atoms. The molecule has 2 aromatic carbocycles. The molecule has 1 saturated heterocycles. The number of nitrogens with zero attached hydrogens (tertiary/aromatic N) is 2. The Hall–Kier alpha value is -3.14. The summed E-state index contributed by atoms with van der Waals surface area (Å²) in [6, 6.07) is 10.5. The number of halogens is 3. The van der Waals surface area contributed by atoms with Crippen LogP contribution in [0.1, 0.15) is 52.7 Å². The number of nitrogens with two attached hydrogens (primary N) is 1. The Labute approximate surface area is 220 Å². The topological polar surface area (TPSA) is 128 Å². The van der Waals surface area contributed by atoms with Crippen molar-refractivity contribution < 1.29 is 26.4 Å². The van der Waals surface area contributed by atoms with Crippen LogP contribution in [0, 0.1) is 17.2 Å². The summed E-state index contributed by atoms with van der Waals surface area (Å²) in [7, 11) is -3.25. The van der Waals surface area contributed by atoms with E-state index < -0.39 is 28.7 Å². The van der Waals surface area contributed by atoms with Gasteiger partial charge in [-0.3, -0.25) is 4.79 Å². The van der Waals surface area contributed by atoms with Gasteiger partial charge in [0.25, 0.3) is 5.91 Å². The van der Waals surface area contributed by atoms with Gasteiger partial charge < -0.3 is 16.4 Å². The van der Waals surface area contributed by atoms with Gasteiger partial charge in [0, 0.05) is 32.1 Å². The van der Waals surface area contributed by atoms with E-state index in [4.69, 9.17) is 5.73 Å². The molecule has 0 saturated carbocycles. The van der Waals surface area contributed by atoms with Crippen LogP contribution >= 0.6 is 0 Å². The largest absolute Gasteiger partial charge is 0.401 e. The number of carbonyl (C=O) groups excluding carboxylic acids is 1. The number of piperidine rings is 1. The number of alkyl halides is 3. The number of nitriles is 1. The van der Waals surface area contributed by atoms with E-state index in [1.54, 1.807) is 25.1 Å². The molecule has 4 N–H and O–H groups in total. The number of anilines is 1. The number of amides is 1. The van der Waals surface area contributed by atoms with E-state index >= 15 is 0 Å². The molecule has 2 aliphatic heterocycles. The predicted molar refractivity (Wildman–Crippen MR) is 138 cm³/mol. The molecule has 1 fully saturated rings. The molecular formula is C26H30F3N5O3S. The van der Waals surface area contributed by atoms with Crippen molar-refractivity contribution in [2.24, 2.45) is 11.7 Å². The maximum absolute atomic E-state index is 12.6. The lowest BCUT2D eigenvalue weighted by Crippen LogP contribution is -2.40. The lowest BCUT2D eigenvalue weighted by Gasteiger charge is -2.34. The van der Waals surface area contributed by atoms with Crippen LogP contribution in [0.2, 0.25) is 0 Å². The van der Waals surface area contributed by atoms with E-state index in [0.717, 1.165) is 5.56 Å². The number of nitrogens with one attached hydrogen (secondary N) is 2. The first-order chi connectivity index (χ1) is 17.9. The third kappa shape index (κ3) is 6.11. The fourth-order valence-electron chi connectivity index (χ4n) is 5.37. The van der Waals surface area contributed by atoms with Gasteiger partial charge in [0.2, 0.25) is 10.0 Å². The van der Waals surface area contributed by atoms with Crippen molar-refractivity contribution in [2.75, 3.05) is 37.2 Å². The molecule has 0 radical (unpaired) electrons. The smallest absolute Gasteiger partial charge is 0.384 e. The molecule has 8 nitrogen and oxygen atoms in total. The highest BCUT2D eigenvalue weighted by atomic mass is 32.2. The average molecular weight is 550 g/mol. The summed E-state index contributed by atoms with van der Waals surface area (Å²) in [5.74, 6) is -0.340. The van der Waals surface area contributed by atoms with Gasteiger partial charge in [0.05, 0.1) is 35.2 Å². The van der Waals surface area contributed by atoms with Crippen LogP contribution < -0.4 is 16.4 Å². The maximum Gasteiger partial charge on any atom is 0.401 e. The summed E-state index contributed by atoms with van der Waals surface area (Å²) in [6.07, 6.45) is -2.99. The van der Waals surface area contributed by atoms with Crippen LogP contribution in [0.25, 0.3) is 11.1 Å². The first-order valence-corrected chi connectivity index (χ1v) is 14.0. The molecule has 12 heteroatoms. The fourth-order valence-corrected chi connectivity index (χ4v) is 6.50. The van der Waals surface area contributed by atoms with Crippen molar-refractivity contribution in [1.82, 2.24) is 9.62 Å². The highest BCUT2D eigenvalue weighted by Crippen LogP contribution is 2.44. The van der Waals surface area contributed by atoms with Crippen LogP contribution in [-0.4, -0.2) is 56.7 Å². The monoisotopic (exact) mass is 549 g/mol. The molecule has 2 heterocycles. The zero-order valence-electron chi connectivity index (χ0n) is 20.9. The van der Waals surface area contributed by atoms with Crippen molar-refractivity contribution in [3.63, 3.8) is 0 Å². The second-order valence-electron chi connectivity index (χ2n) is 9.73. The summed E-state index contributed by atoms with van der Waals surface area (Å²) >= 11 is 0. The van der Waals surface area contributed by atoms with Crippen LogP contribution in [0.3, 0.4) is 0 Å². The Balaban J connectivity index is 1.65. The van der Waals surface area contributed by atoms with Crippen LogP contribution in [-0.2, 0) is 16.6 Å². The maximum atomic E-state index is 12.6. The number of hydrogen-bond donors (Lipinski definition) is 3. The first kappa shape index (κ1) is 27.9. The highest BCUT2D eigenvalue weighted by molar-refractivity contribution is 7.89. The number of fused-ring (bicyclic) bond motifs is 1. The molecule has 204 valence electrons. The van der Waals surface area contributed by atoms with Gasteiger partial charge >= 0.3 is 6.18 Å². The van der Waals surface area contributed by atoms with E-state index in [9.17, 15) is 31.6 Å². The molecule has 0 aliphatic carbocycles. The summed E-state index contributed by atoms with van der Waals surface area (Å²) in [4.78, 5) is 12.4. The Morgan fingerprint density at radius 1 is 1.18 bits per heavy atom. The molecule has 0 bridgehead atoms. The third-order valence-electron chi connectivity index (χ3n) is 7.27. The van der Waals surface area contributed by atoms with Gasteiger partial charge in [-0.05, 0) is 78.3 Å². The first-order valence-electron chi connectivity index (χ1n) is 12.4. The van der Waals surface area contributed by atoms with Gasteiger partial charge in [-0.1, -0.05) is 0 Å². The van der Waals surface area contributed by atoms with E-state index in [-0.39, 0.29) is 29.7 Å². The summed E-state index contributed by atoms with van der Waals surface area (Å²) in [5, 5.41) is 15.2. The molecule has 38 heavy (non-hydrogen) atoms. The van der Waals surface area contributed by atoms with Crippen LogP contribution in [0.4, 0.5) is 18.9 Å². The van der Waals surface area contributed by atoms with Gasteiger partial charge in [-0.25, -0.2) is 12.7 Å². The fraction of sp³-hybridized carbons (Fsp3) is 0.462. The summed E-state index contributed by atoms with van der Waals surface area (Å²) in [6.45, 7) is 1.84. The molecular weight excluding hydrogens is 519 g/mol. The highest BCUT2D eigenvalue weighted by Gasteiger charge is 2.36. The molecule has 0 aromatic heterocycles. The molecule has 2 aliphatic rings. The van der Waals surface area contributed by atoms with Crippen LogP contribution in [0.15, 0.2) is 30.3 Å². The number of sulfonamides is 1. The van der Waals surface area contributed by atoms with E-state index in [2.05, 4.69) is 10.6 Å². The van der Waals surface area contributed by atoms with E-state index in [0.29, 0.717) is 60.4 Å². The van der Waals surface area contributed by atoms with Gasteiger partial charge in [-0.2, -0.15) is 18.4 Å². The standard InChI is InChI=1S/C26H30F3N5O3S/c1-2-38(36,37)34-5-3-18(4-6-34)23-14-33-24-21(23)10-20(11-22(24)25(31)35)19-8-16(12-30)7-17(9-19)13-32-15-26(27,28)29/h7-11,18,23,32-33H,2-6,13-15H2,1H3,(H2,31,35). The number of primary amides is 1. The SMILES string of the molecule is CCS(=O)(=O)N1CCC(C2CNc3c(C(N)=O)cc(-c4cc(C#N)cc(CNCC(F)(F)F)c4)cc32)CC1. The number of carbonyl (C=O) groups is 1. The van der Waals surface area contributed by atoms with E-state index in [1.807, 2.05) is 12.1 Å². The summed E-state index contributed by atoms with van der Waals surface area (Å²) < 4.78 is 63.8. The second-order valence-corrected chi connectivity index (χ2v) is 12.0. The Bertz CT molecular complexity index is 1360. The molecule has 4 rings (SSSR count). The Kier molecular flexibility index (Phi) is 8.01. The zero-order valence-corrected chi connectivity index (χ0v) is 21.8. The Morgan fingerprint density at radius 2 is 1.87 bits per heavy atom. The zero-order chi connectivity index (χ0) is 27.7. The second kappa shape index (κ2) is 10.9. The van der Waals surface area contributed by atoms with E-state index in [1.165, 1.54) is 10.4 Å². The predicted octanol–water partition coefficient (Wildman–Crippen LogP) is 3.55. The third-order valence-corrected chi connectivity index (χ3v) is 9.15. The lowest BCUT2D eigenvalue weighted by atomic mass is 9.80. The summed E-state index contributed by atoms with van der Waals surface area (Å²) in [5.41, 5.74) is 9.56. The quantitative estimate of drug-likeness (QED) is 0.462. The normalized spacial score (nSPS) is 18.6. The van der Waals surface area contributed by atoms with Gasteiger partial charge in [0.15, 0.2) is 0 Å². The van der Waals surface area contributed by atoms with Crippen molar-refractivity contribution >= 4 is 21.6 Å². The van der Waals surface area contributed by atoms with Crippen molar-refractivity contribution in [3.05, 3.63) is 52.6 Å². The molecule has 2 aromatic rings. The number of rotatable bonds is 8. The van der Waals surface area contributed by atoms with Crippen molar-refractivity contribution in [3.8, 4) is 17.2 Å². The minimum absolute atomic E-state index is 0.0293. The minimum atomic E-state index is -4.36. The average Bonchev–Trinajstić information content (AvgIpc) is 3.31. The lowest BCUT2D eigenvalue weighted by molar-refractivity contribution is -0.125. The number of benzene rings is 2. The number of hydrogen-bond acceptors (Lipinski definition) is 6. The Morgan fingerprint density at radius 3 is 2.47 bits per heavy atom.